The topological polar surface area (TPSA) is 26.3 Å². The number of carbonyl (C=O) groups excluding carboxylic acids is 1. The maximum Gasteiger partial charge on any atom is 0.338 e. The van der Waals surface area contributed by atoms with E-state index in [9.17, 15) is 4.79 Å². The highest BCUT2D eigenvalue weighted by atomic mass is 16.5. The maximum atomic E-state index is 11.7. The first-order valence-corrected chi connectivity index (χ1v) is 5.93. The zero-order chi connectivity index (χ0) is 12.5. The standard InChI is InChI=1S/C15H18O2/c1-3-8-13(9-4-2)12-17-15(16)14-10-6-5-7-11-14/h1,5-7,10-11,13H,4,8-9,12H2,2H3/t13-/m0/s1. The van der Waals surface area contributed by atoms with Crippen molar-refractivity contribution in [3.8, 4) is 12.3 Å². The van der Waals surface area contributed by atoms with Gasteiger partial charge in [-0.2, -0.15) is 0 Å². The van der Waals surface area contributed by atoms with Crippen molar-refractivity contribution >= 4 is 5.97 Å². The Kier molecular flexibility index (Phi) is 5.88. The molecule has 0 aliphatic rings. The summed E-state index contributed by atoms with van der Waals surface area (Å²) in [7, 11) is 0. The highest BCUT2D eigenvalue weighted by molar-refractivity contribution is 5.89. The van der Waals surface area contributed by atoms with Crippen LogP contribution in [-0.4, -0.2) is 12.6 Å². The van der Waals surface area contributed by atoms with Gasteiger partial charge in [0.05, 0.1) is 12.2 Å². The lowest BCUT2D eigenvalue weighted by molar-refractivity contribution is 0.0435. The Morgan fingerprint density at radius 3 is 2.71 bits per heavy atom. The lowest BCUT2D eigenvalue weighted by Gasteiger charge is -2.13. The van der Waals surface area contributed by atoms with Crippen LogP contribution in [0.25, 0.3) is 0 Å². The monoisotopic (exact) mass is 230 g/mol. The Hall–Kier alpha value is -1.75. The van der Waals surface area contributed by atoms with E-state index in [1.807, 2.05) is 18.2 Å². The van der Waals surface area contributed by atoms with Crippen LogP contribution in [0.15, 0.2) is 30.3 Å². The van der Waals surface area contributed by atoms with Crippen LogP contribution in [0, 0.1) is 18.3 Å². The number of carbonyl (C=O) groups is 1. The van der Waals surface area contributed by atoms with Gasteiger partial charge < -0.3 is 4.74 Å². The number of hydrogen-bond donors (Lipinski definition) is 0. The van der Waals surface area contributed by atoms with Crippen LogP contribution >= 0.6 is 0 Å². The van der Waals surface area contributed by atoms with E-state index in [0.717, 1.165) is 12.8 Å². The molecule has 0 amide bonds. The highest BCUT2D eigenvalue weighted by Crippen LogP contribution is 2.12. The van der Waals surface area contributed by atoms with Crippen molar-refractivity contribution in [2.45, 2.75) is 26.2 Å². The molecule has 1 aromatic rings. The van der Waals surface area contributed by atoms with Crippen LogP contribution in [-0.2, 0) is 4.74 Å². The van der Waals surface area contributed by atoms with Gasteiger partial charge in [0, 0.05) is 12.3 Å². The molecular formula is C15H18O2. The van der Waals surface area contributed by atoms with E-state index in [2.05, 4.69) is 12.8 Å². The van der Waals surface area contributed by atoms with Crippen molar-refractivity contribution in [2.75, 3.05) is 6.61 Å². The summed E-state index contributed by atoms with van der Waals surface area (Å²) in [4.78, 5) is 11.7. The van der Waals surface area contributed by atoms with Crippen LogP contribution in [0.1, 0.15) is 36.5 Å². The van der Waals surface area contributed by atoms with Gasteiger partial charge in [-0.25, -0.2) is 4.79 Å². The minimum Gasteiger partial charge on any atom is -0.462 e. The maximum absolute atomic E-state index is 11.7. The summed E-state index contributed by atoms with van der Waals surface area (Å²) < 4.78 is 5.26. The minimum atomic E-state index is -0.274. The van der Waals surface area contributed by atoms with Crippen molar-refractivity contribution in [3.05, 3.63) is 35.9 Å². The van der Waals surface area contributed by atoms with E-state index in [0.29, 0.717) is 18.6 Å². The van der Waals surface area contributed by atoms with Crippen molar-refractivity contribution in [3.63, 3.8) is 0 Å². The summed E-state index contributed by atoms with van der Waals surface area (Å²) >= 11 is 0. The number of rotatable bonds is 6. The van der Waals surface area contributed by atoms with Gasteiger partial charge >= 0.3 is 5.97 Å². The predicted molar refractivity (Wildman–Crippen MR) is 68.6 cm³/mol. The highest BCUT2D eigenvalue weighted by Gasteiger charge is 2.11. The average molecular weight is 230 g/mol. The van der Waals surface area contributed by atoms with Gasteiger partial charge in [-0.3, -0.25) is 0 Å². The van der Waals surface area contributed by atoms with Gasteiger partial charge in [0.1, 0.15) is 0 Å². The second-order valence-corrected chi connectivity index (χ2v) is 4.03. The molecule has 1 atom stereocenters. The summed E-state index contributed by atoms with van der Waals surface area (Å²) in [5.74, 6) is 2.63. The summed E-state index contributed by atoms with van der Waals surface area (Å²) in [5, 5.41) is 0. The molecule has 0 fully saturated rings. The third kappa shape index (κ3) is 4.74. The normalized spacial score (nSPS) is 11.5. The number of benzene rings is 1. The Labute approximate surface area is 103 Å². The summed E-state index contributed by atoms with van der Waals surface area (Å²) in [6.07, 6.45) is 7.99. The molecule has 1 rings (SSSR count). The van der Waals surface area contributed by atoms with E-state index in [4.69, 9.17) is 11.2 Å². The number of terminal acetylenes is 1. The SMILES string of the molecule is C#CC[C@@H](CCC)COC(=O)c1ccccc1. The molecule has 0 bridgehead atoms. The fourth-order valence-electron chi connectivity index (χ4n) is 1.67. The summed E-state index contributed by atoms with van der Waals surface area (Å²) in [6, 6.07) is 9.01. The summed E-state index contributed by atoms with van der Waals surface area (Å²) in [5.41, 5.74) is 0.587. The molecule has 2 nitrogen and oxygen atoms in total. The van der Waals surface area contributed by atoms with Crippen LogP contribution in [0.5, 0.6) is 0 Å². The smallest absolute Gasteiger partial charge is 0.338 e. The van der Waals surface area contributed by atoms with Crippen molar-refractivity contribution in [1.82, 2.24) is 0 Å². The van der Waals surface area contributed by atoms with Gasteiger partial charge in [0.15, 0.2) is 0 Å². The van der Waals surface area contributed by atoms with Gasteiger partial charge in [-0.1, -0.05) is 31.5 Å². The molecule has 0 aliphatic carbocycles. The molecule has 0 spiro atoms. The Balaban J connectivity index is 2.44. The number of esters is 1. The lowest BCUT2D eigenvalue weighted by atomic mass is 10.0. The fraction of sp³-hybridized carbons (Fsp3) is 0.400. The minimum absolute atomic E-state index is 0.274. The average Bonchev–Trinajstić information content (AvgIpc) is 2.37. The molecule has 0 N–H and O–H groups in total. The van der Waals surface area contributed by atoms with Crippen LogP contribution in [0.4, 0.5) is 0 Å². The fourth-order valence-corrected chi connectivity index (χ4v) is 1.67. The van der Waals surface area contributed by atoms with Crippen LogP contribution in [0.3, 0.4) is 0 Å². The molecule has 90 valence electrons. The first kappa shape index (κ1) is 13.3. The van der Waals surface area contributed by atoms with Gasteiger partial charge in [0.25, 0.3) is 0 Å². The number of ether oxygens (including phenoxy) is 1. The van der Waals surface area contributed by atoms with Crippen molar-refractivity contribution in [2.24, 2.45) is 5.92 Å². The quantitative estimate of drug-likeness (QED) is 0.553. The second-order valence-electron chi connectivity index (χ2n) is 4.03. The molecule has 17 heavy (non-hydrogen) atoms. The molecule has 0 aromatic heterocycles. The van der Waals surface area contributed by atoms with Gasteiger partial charge in [-0.15, -0.1) is 12.3 Å². The molecule has 0 aliphatic heterocycles. The molecule has 0 saturated heterocycles. The molecule has 1 aromatic carbocycles. The Morgan fingerprint density at radius 1 is 1.41 bits per heavy atom. The molecule has 0 unspecified atom stereocenters. The molecule has 2 heteroatoms. The largest absolute Gasteiger partial charge is 0.462 e. The first-order valence-electron chi connectivity index (χ1n) is 5.93. The first-order chi connectivity index (χ1) is 8.27. The van der Waals surface area contributed by atoms with E-state index in [1.54, 1.807) is 12.1 Å². The van der Waals surface area contributed by atoms with E-state index < -0.39 is 0 Å². The predicted octanol–water partition coefficient (Wildman–Crippen LogP) is 3.28. The van der Waals surface area contributed by atoms with Gasteiger partial charge in [-0.05, 0) is 18.6 Å². The molecular weight excluding hydrogens is 212 g/mol. The third-order valence-corrected chi connectivity index (χ3v) is 2.56. The Bertz CT molecular complexity index is 376. The zero-order valence-corrected chi connectivity index (χ0v) is 10.2. The third-order valence-electron chi connectivity index (χ3n) is 2.56. The molecule has 0 heterocycles. The number of hydrogen-bond acceptors (Lipinski definition) is 2. The van der Waals surface area contributed by atoms with E-state index in [-0.39, 0.29) is 11.9 Å². The van der Waals surface area contributed by atoms with Crippen LogP contribution < -0.4 is 0 Å². The van der Waals surface area contributed by atoms with E-state index >= 15 is 0 Å². The summed E-state index contributed by atoms with van der Waals surface area (Å²) in [6.45, 7) is 2.51. The molecule has 0 radical (unpaired) electrons. The van der Waals surface area contributed by atoms with E-state index in [1.165, 1.54) is 0 Å². The lowest BCUT2D eigenvalue weighted by Crippen LogP contribution is -2.14. The Morgan fingerprint density at radius 2 is 2.12 bits per heavy atom. The van der Waals surface area contributed by atoms with Crippen LogP contribution in [0.2, 0.25) is 0 Å². The second kappa shape index (κ2) is 7.51. The zero-order valence-electron chi connectivity index (χ0n) is 10.2. The molecule has 0 saturated carbocycles. The van der Waals surface area contributed by atoms with Crippen molar-refractivity contribution < 1.29 is 9.53 Å². The van der Waals surface area contributed by atoms with Crippen molar-refractivity contribution in [1.29, 1.82) is 0 Å². The van der Waals surface area contributed by atoms with Gasteiger partial charge in [0.2, 0.25) is 0 Å².